The zero-order valence-electron chi connectivity index (χ0n) is 12.1. The number of carbonyl (C=O) groups excluding carboxylic acids is 1. The summed E-state index contributed by atoms with van der Waals surface area (Å²) in [5.41, 5.74) is 0.903. The molecule has 0 aliphatic rings. The lowest BCUT2D eigenvalue weighted by Crippen LogP contribution is -2.18. The summed E-state index contributed by atoms with van der Waals surface area (Å²) in [6.07, 6.45) is 0. The van der Waals surface area contributed by atoms with Crippen molar-refractivity contribution >= 4 is 21.6 Å². The second kappa shape index (κ2) is 5.69. The predicted octanol–water partition coefficient (Wildman–Crippen LogP) is 1.77. The molecule has 1 amide bonds. The van der Waals surface area contributed by atoms with Crippen LogP contribution < -0.4 is 5.32 Å². The van der Waals surface area contributed by atoms with E-state index in [9.17, 15) is 13.2 Å². The summed E-state index contributed by atoms with van der Waals surface area (Å²) < 4.78 is 25.6. The van der Waals surface area contributed by atoms with Gasteiger partial charge in [0.05, 0.1) is 21.9 Å². The van der Waals surface area contributed by atoms with Gasteiger partial charge in [0.25, 0.3) is 5.91 Å². The summed E-state index contributed by atoms with van der Waals surface area (Å²) >= 11 is 0. The maximum absolute atomic E-state index is 12.3. The number of amides is 1. The number of hydrogen-bond acceptors (Lipinski definition) is 4. The third-order valence-corrected chi connectivity index (χ3v) is 4.88. The average molecular weight is 307 g/mol. The van der Waals surface area contributed by atoms with Gasteiger partial charge in [-0.2, -0.15) is 5.10 Å². The Bertz CT molecular complexity index is 779. The Kier molecular flexibility index (Phi) is 4.13. The fourth-order valence-corrected chi connectivity index (χ4v) is 3.08. The molecule has 0 fully saturated rings. The highest BCUT2D eigenvalue weighted by atomic mass is 32.2. The number of nitrogens with zero attached hydrogens (tertiary/aromatic N) is 2. The fraction of sp³-hybridized carbons (Fsp3) is 0.286. The van der Waals surface area contributed by atoms with Gasteiger partial charge in [-0.1, -0.05) is 19.1 Å². The van der Waals surface area contributed by atoms with Gasteiger partial charge in [0, 0.05) is 13.1 Å². The minimum absolute atomic E-state index is 0.0453. The van der Waals surface area contributed by atoms with E-state index in [1.807, 2.05) is 6.92 Å². The molecule has 2 aromatic rings. The number of anilines is 1. The van der Waals surface area contributed by atoms with Crippen molar-refractivity contribution in [2.75, 3.05) is 11.1 Å². The molecule has 21 heavy (non-hydrogen) atoms. The van der Waals surface area contributed by atoms with E-state index >= 15 is 0 Å². The monoisotopic (exact) mass is 307 g/mol. The van der Waals surface area contributed by atoms with E-state index in [-0.39, 0.29) is 16.2 Å². The van der Waals surface area contributed by atoms with Crippen molar-refractivity contribution in [3.05, 3.63) is 41.6 Å². The van der Waals surface area contributed by atoms with Crippen LogP contribution in [0.1, 0.15) is 23.0 Å². The molecule has 112 valence electrons. The Balaban J connectivity index is 2.39. The molecule has 0 aliphatic carbocycles. The van der Waals surface area contributed by atoms with Crippen molar-refractivity contribution < 1.29 is 13.2 Å². The van der Waals surface area contributed by atoms with Gasteiger partial charge in [0.15, 0.2) is 9.84 Å². The molecule has 1 aromatic carbocycles. The highest BCUT2D eigenvalue weighted by Gasteiger charge is 2.21. The molecule has 1 N–H and O–H groups in total. The minimum atomic E-state index is -3.45. The van der Waals surface area contributed by atoms with Crippen LogP contribution >= 0.6 is 0 Å². The van der Waals surface area contributed by atoms with Crippen molar-refractivity contribution in [3.8, 4) is 0 Å². The van der Waals surface area contributed by atoms with Gasteiger partial charge >= 0.3 is 0 Å². The normalized spacial score (nSPS) is 11.4. The van der Waals surface area contributed by atoms with Gasteiger partial charge in [0.2, 0.25) is 0 Å². The van der Waals surface area contributed by atoms with Crippen molar-refractivity contribution in [1.82, 2.24) is 9.78 Å². The zero-order valence-corrected chi connectivity index (χ0v) is 12.9. The van der Waals surface area contributed by atoms with Gasteiger partial charge in [-0.3, -0.25) is 9.48 Å². The Morgan fingerprint density at radius 2 is 2.00 bits per heavy atom. The van der Waals surface area contributed by atoms with E-state index in [4.69, 9.17) is 0 Å². The first-order valence-electron chi connectivity index (χ1n) is 6.49. The van der Waals surface area contributed by atoms with Gasteiger partial charge in [0.1, 0.15) is 5.82 Å². The molecule has 0 radical (unpaired) electrons. The average Bonchev–Trinajstić information content (AvgIpc) is 2.76. The molecule has 0 saturated heterocycles. The molecule has 0 aliphatic heterocycles. The van der Waals surface area contributed by atoms with Gasteiger partial charge in [-0.25, -0.2) is 8.42 Å². The summed E-state index contributed by atoms with van der Waals surface area (Å²) in [6.45, 7) is 3.36. The number of aryl methyl sites for hydroxylation is 2. The zero-order chi connectivity index (χ0) is 15.6. The molecule has 1 heterocycles. The van der Waals surface area contributed by atoms with Crippen LogP contribution in [0.3, 0.4) is 0 Å². The molecular weight excluding hydrogens is 290 g/mol. The van der Waals surface area contributed by atoms with Crippen LogP contribution in [0.15, 0.2) is 35.2 Å². The Hall–Kier alpha value is -2.15. The largest absolute Gasteiger partial charge is 0.307 e. The first-order valence-corrected chi connectivity index (χ1v) is 8.14. The minimum Gasteiger partial charge on any atom is -0.307 e. The van der Waals surface area contributed by atoms with Crippen LogP contribution in [0.25, 0.3) is 0 Å². The molecule has 2 rings (SSSR count). The van der Waals surface area contributed by atoms with Gasteiger partial charge in [-0.05, 0) is 19.1 Å². The first kappa shape index (κ1) is 15.2. The first-order chi connectivity index (χ1) is 9.85. The number of hydrogen-bond donors (Lipinski definition) is 1. The SMILES string of the molecule is CCS(=O)(=O)c1ccccc1C(=O)Nc1cc(C)nn1C. The number of carbonyl (C=O) groups is 1. The third kappa shape index (κ3) is 3.13. The number of sulfone groups is 1. The molecular formula is C14H17N3O3S. The second-order valence-electron chi connectivity index (χ2n) is 4.65. The molecule has 0 saturated carbocycles. The summed E-state index contributed by atoms with van der Waals surface area (Å²) in [5, 5.41) is 6.81. The number of rotatable bonds is 4. The lowest BCUT2D eigenvalue weighted by atomic mass is 10.2. The number of aromatic nitrogens is 2. The van der Waals surface area contributed by atoms with E-state index in [0.717, 1.165) is 5.69 Å². The van der Waals surface area contributed by atoms with Gasteiger partial charge < -0.3 is 5.32 Å². The van der Waals surface area contributed by atoms with Crippen LogP contribution in [0, 0.1) is 6.92 Å². The number of nitrogens with one attached hydrogen (secondary N) is 1. The number of benzene rings is 1. The van der Waals surface area contributed by atoms with E-state index in [2.05, 4.69) is 10.4 Å². The standard InChI is InChI=1S/C14H17N3O3S/c1-4-21(19,20)12-8-6-5-7-11(12)14(18)15-13-9-10(2)16-17(13)3/h5-9H,4H2,1-3H3,(H,15,18). The summed E-state index contributed by atoms with van der Waals surface area (Å²) in [6, 6.07) is 7.91. The van der Waals surface area contributed by atoms with Crippen LogP contribution in [0.2, 0.25) is 0 Å². The highest BCUT2D eigenvalue weighted by molar-refractivity contribution is 7.91. The summed E-state index contributed by atoms with van der Waals surface area (Å²) in [5.74, 6) is -0.00547. The highest BCUT2D eigenvalue weighted by Crippen LogP contribution is 2.19. The lowest BCUT2D eigenvalue weighted by molar-refractivity contribution is 0.102. The van der Waals surface area contributed by atoms with E-state index in [1.54, 1.807) is 32.2 Å². The van der Waals surface area contributed by atoms with Crippen LogP contribution in [-0.4, -0.2) is 29.9 Å². The lowest BCUT2D eigenvalue weighted by Gasteiger charge is -2.09. The fourth-order valence-electron chi connectivity index (χ4n) is 1.99. The Morgan fingerprint density at radius 1 is 1.33 bits per heavy atom. The summed E-state index contributed by atoms with van der Waals surface area (Å²) in [7, 11) is -1.75. The quantitative estimate of drug-likeness (QED) is 0.933. The van der Waals surface area contributed by atoms with Crippen LogP contribution in [0.5, 0.6) is 0 Å². The maximum Gasteiger partial charge on any atom is 0.258 e. The predicted molar refractivity (Wildman–Crippen MR) is 80.1 cm³/mol. The smallest absolute Gasteiger partial charge is 0.258 e. The van der Waals surface area contributed by atoms with Crippen molar-refractivity contribution in [2.24, 2.45) is 7.05 Å². The van der Waals surface area contributed by atoms with Crippen molar-refractivity contribution in [1.29, 1.82) is 0 Å². The molecule has 0 bridgehead atoms. The Labute approximate surface area is 123 Å². The van der Waals surface area contributed by atoms with E-state index < -0.39 is 15.7 Å². The molecule has 0 atom stereocenters. The van der Waals surface area contributed by atoms with Gasteiger partial charge in [-0.15, -0.1) is 0 Å². The summed E-state index contributed by atoms with van der Waals surface area (Å²) in [4.78, 5) is 12.4. The Morgan fingerprint density at radius 3 is 2.57 bits per heavy atom. The maximum atomic E-state index is 12.3. The van der Waals surface area contributed by atoms with Crippen LogP contribution in [-0.2, 0) is 16.9 Å². The van der Waals surface area contributed by atoms with Crippen molar-refractivity contribution in [3.63, 3.8) is 0 Å². The molecule has 7 heteroatoms. The molecule has 6 nitrogen and oxygen atoms in total. The van der Waals surface area contributed by atoms with E-state index in [1.165, 1.54) is 16.8 Å². The third-order valence-electron chi connectivity index (χ3n) is 3.09. The topological polar surface area (TPSA) is 81.1 Å². The van der Waals surface area contributed by atoms with Crippen molar-refractivity contribution in [2.45, 2.75) is 18.7 Å². The molecule has 0 unspecified atom stereocenters. The van der Waals surface area contributed by atoms with Crippen LogP contribution in [0.4, 0.5) is 5.82 Å². The molecule has 1 aromatic heterocycles. The second-order valence-corrected chi connectivity index (χ2v) is 6.89. The molecule has 0 spiro atoms. The van der Waals surface area contributed by atoms with E-state index in [0.29, 0.717) is 5.82 Å².